The lowest BCUT2D eigenvalue weighted by Crippen LogP contribution is -2.31. The second kappa shape index (κ2) is 10.0. The van der Waals surface area contributed by atoms with Crippen LogP contribution in [0.4, 0.5) is 11.4 Å². The minimum atomic E-state index is -0.431. The Balaban J connectivity index is 1.42. The van der Waals surface area contributed by atoms with E-state index in [-0.39, 0.29) is 23.1 Å². The fraction of sp³-hybridized carbons (Fsp3) is 0.0385. The number of nitrogens with zero attached hydrogens (tertiary/aromatic N) is 1. The maximum atomic E-state index is 13.3. The van der Waals surface area contributed by atoms with E-state index in [1.165, 1.54) is 29.4 Å². The summed E-state index contributed by atoms with van der Waals surface area (Å²) >= 11 is 2.53. The zero-order chi connectivity index (χ0) is 24.2. The molecule has 35 heavy (non-hydrogen) atoms. The number of furan rings is 1. The van der Waals surface area contributed by atoms with E-state index in [1.807, 2.05) is 47.8 Å². The molecule has 174 valence electrons. The third-order valence-electron chi connectivity index (χ3n) is 5.12. The first-order chi connectivity index (χ1) is 17.1. The van der Waals surface area contributed by atoms with Crippen molar-refractivity contribution in [3.63, 3.8) is 0 Å². The molecule has 0 spiro atoms. The van der Waals surface area contributed by atoms with Crippen LogP contribution in [0.5, 0.6) is 0 Å². The Morgan fingerprint density at radius 3 is 2.49 bits per heavy atom. The Hall–Kier alpha value is -4.08. The van der Waals surface area contributed by atoms with Gasteiger partial charge in [0.05, 0.1) is 17.7 Å². The number of anilines is 2. The highest BCUT2D eigenvalue weighted by Crippen LogP contribution is 2.37. The van der Waals surface area contributed by atoms with E-state index >= 15 is 0 Å². The van der Waals surface area contributed by atoms with E-state index in [0.717, 1.165) is 4.90 Å². The highest BCUT2D eigenvalue weighted by atomic mass is 32.2. The summed E-state index contributed by atoms with van der Waals surface area (Å²) in [7, 11) is 0. The molecule has 0 atom stereocenters. The summed E-state index contributed by atoms with van der Waals surface area (Å²) in [5.74, 6) is -0.539. The zero-order valence-corrected chi connectivity index (χ0v) is 19.9. The molecule has 0 aliphatic carbocycles. The van der Waals surface area contributed by atoms with Gasteiger partial charge in [-0.15, -0.1) is 11.3 Å². The molecule has 3 heterocycles. The molecule has 2 N–H and O–H groups in total. The highest BCUT2D eigenvalue weighted by molar-refractivity contribution is 8.04. The SMILES string of the molecule is O=C(Nc1cccc(SC2=C(Nc3ccccc3)C(=O)N(Cc3ccco3)C2=O)c1)c1cccs1. The molecule has 0 saturated heterocycles. The van der Waals surface area contributed by atoms with Gasteiger partial charge in [0.1, 0.15) is 16.4 Å². The Labute approximate surface area is 209 Å². The van der Waals surface area contributed by atoms with Crippen molar-refractivity contribution < 1.29 is 18.8 Å². The van der Waals surface area contributed by atoms with Gasteiger partial charge in [0.15, 0.2) is 0 Å². The fourth-order valence-electron chi connectivity index (χ4n) is 3.48. The van der Waals surface area contributed by atoms with Gasteiger partial charge in [0, 0.05) is 16.3 Å². The molecule has 1 aliphatic rings. The van der Waals surface area contributed by atoms with Crippen LogP contribution in [0.2, 0.25) is 0 Å². The lowest BCUT2D eigenvalue weighted by atomic mass is 10.3. The highest BCUT2D eigenvalue weighted by Gasteiger charge is 2.39. The topological polar surface area (TPSA) is 91.7 Å². The normalized spacial score (nSPS) is 13.4. The van der Waals surface area contributed by atoms with Crippen LogP contribution in [-0.4, -0.2) is 22.6 Å². The first-order valence-electron chi connectivity index (χ1n) is 10.7. The van der Waals surface area contributed by atoms with Gasteiger partial charge in [0.2, 0.25) is 0 Å². The predicted molar refractivity (Wildman–Crippen MR) is 136 cm³/mol. The first-order valence-corrected chi connectivity index (χ1v) is 12.4. The van der Waals surface area contributed by atoms with Crippen molar-refractivity contribution in [1.29, 1.82) is 0 Å². The summed E-state index contributed by atoms with van der Waals surface area (Å²) < 4.78 is 5.35. The number of imide groups is 1. The van der Waals surface area contributed by atoms with Crippen molar-refractivity contribution in [2.24, 2.45) is 0 Å². The largest absolute Gasteiger partial charge is 0.467 e. The molecule has 4 aromatic rings. The fourth-order valence-corrected chi connectivity index (χ4v) is 5.11. The van der Waals surface area contributed by atoms with E-state index in [9.17, 15) is 14.4 Å². The molecule has 2 aromatic carbocycles. The standard InChI is InChI=1S/C26H19N3O4S2/c30-24(21-12-6-14-34-21)28-18-9-4-11-20(15-18)35-23-22(27-17-7-2-1-3-8-17)25(31)29(26(23)32)16-19-10-5-13-33-19/h1-15,27H,16H2,(H,28,30). The van der Waals surface area contributed by atoms with Crippen LogP contribution in [0.15, 0.2) is 110 Å². The van der Waals surface area contributed by atoms with Gasteiger partial charge in [-0.05, 0) is 53.9 Å². The summed E-state index contributed by atoms with van der Waals surface area (Å²) in [6, 6.07) is 23.4. The molecule has 7 nitrogen and oxygen atoms in total. The van der Waals surface area contributed by atoms with Crippen LogP contribution in [0.1, 0.15) is 15.4 Å². The third-order valence-corrected chi connectivity index (χ3v) is 7.06. The summed E-state index contributed by atoms with van der Waals surface area (Å²) in [4.78, 5) is 41.8. The van der Waals surface area contributed by atoms with Crippen molar-refractivity contribution >= 4 is 52.2 Å². The molecule has 5 rings (SSSR count). The number of thioether (sulfide) groups is 1. The number of rotatable bonds is 8. The minimum Gasteiger partial charge on any atom is -0.467 e. The maximum Gasteiger partial charge on any atom is 0.278 e. The average Bonchev–Trinajstić information content (AvgIpc) is 3.62. The van der Waals surface area contributed by atoms with E-state index in [1.54, 1.807) is 36.4 Å². The van der Waals surface area contributed by atoms with E-state index < -0.39 is 11.8 Å². The van der Waals surface area contributed by atoms with Crippen molar-refractivity contribution in [1.82, 2.24) is 4.90 Å². The molecular formula is C26H19N3O4S2. The summed E-state index contributed by atoms with van der Waals surface area (Å²) in [5.41, 5.74) is 1.49. The molecule has 9 heteroatoms. The first kappa shape index (κ1) is 22.7. The monoisotopic (exact) mass is 501 g/mol. The van der Waals surface area contributed by atoms with Crippen LogP contribution in [0.25, 0.3) is 0 Å². The smallest absolute Gasteiger partial charge is 0.278 e. The van der Waals surface area contributed by atoms with Crippen molar-refractivity contribution in [3.8, 4) is 0 Å². The van der Waals surface area contributed by atoms with Crippen molar-refractivity contribution in [2.75, 3.05) is 10.6 Å². The van der Waals surface area contributed by atoms with Crippen molar-refractivity contribution in [2.45, 2.75) is 11.4 Å². The van der Waals surface area contributed by atoms with Crippen LogP contribution in [0.3, 0.4) is 0 Å². The van der Waals surface area contributed by atoms with Gasteiger partial charge in [-0.25, -0.2) is 0 Å². The maximum absolute atomic E-state index is 13.3. The predicted octanol–water partition coefficient (Wildman–Crippen LogP) is 5.58. The third kappa shape index (κ3) is 5.06. The molecule has 0 unspecified atom stereocenters. The Bertz CT molecular complexity index is 1400. The molecule has 0 fully saturated rings. The number of benzene rings is 2. The van der Waals surface area contributed by atoms with Gasteiger partial charge in [0.25, 0.3) is 17.7 Å². The summed E-state index contributed by atoms with van der Waals surface area (Å²) in [5, 5.41) is 7.82. The van der Waals surface area contributed by atoms with Gasteiger partial charge in [-0.2, -0.15) is 0 Å². The summed E-state index contributed by atoms with van der Waals surface area (Å²) in [6.07, 6.45) is 1.50. The van der Waals surface area contributed by atoms with Crippen LogP contribution in [0, 0.1) is 0 Å². The molecule has 0 bridgehead atoms. The number of thiophene rings is 1. The number of carbonyl (C=O) groups is 3. The van der Waals surface area contributed by atoms with Gasteiger partial charge in [-0.3, -0.25) is 19.3 Å². The molecule has 1 aliphatic heterocycles. The molecule has 0 radical (unpaired) electrons. The number of hydrogen-bond acceptors (Lipinski definition) is 7. The quantitative estimate of drug-likeness (QED) is 0.306. The zero-order valence-electron chi connectivity index (χ0n) is 18.3. The lowest BCUT2D eigenvalue weighted by Gasteiger charge is -2.13. The van der Waals surface area contributed by atoms with E-state index in [2.05, 4.69) is 10.6 Å². The summed E-state index contributed by atoms with van der Waals surface area (Å²) in [6.45, 7) is 0.0333. The Morgan fingerprint density at radius 1 is 0.914 bits per heavy atom. The van der Waals surface area contributed by atoms with Crippen molar-refractivity contribution in [3.05, 3.63) is 112 Å². The Morgan fingerprint density at radius 2 is 1.74 bits per heavy atom. The second-order valence-corrected chi connectivity index (χ2v) is 9.56. The number of carbonyl (C=O) groups excluding carboxylic acids is 3. The Kier molecular flexibility index (Phi) is 6.51. The average molecular weight is 502 g/mol. The minimum absolute atomic E-state index is 0.0333. The van der Waals surface area contributed by atoms with E-state index in [4.69, 9.17) is 4.42 Å². The molecule has 2 aromatic heterocycles. The van der Waals surface area contributed by atoms with Crippen LogP contribution >= 0.6 is 23.1 Å². The number of nitrogens with one attached hydrogen (secondary N) is 2. The number of para-hydroxylation sites is 1. The van der Waals surface area contributed by atoms with Gasteiger partial charge >= 0.3 is 0 Å². The van der Waals surface area contributed by atoms with Crippen LogP contribution < -0.4 is 10.6 Å². The second-order valence-electron chi connectivity index (χ2n) is 7.53. The van der Waals surface area contributed by atoms with Gasteiger partial charge in [-0.1, -0.05) is 42.1 Å². The van der Waals surface area contributed by atoms with Crippen LogP contribution in [-0.2, 0) is 16.1 Å². The van der Waals surface area contributed by atoms with E-state index in [0.29, 0.717) is 26.9 Å². The molecule has 3 amide bonds. The molecule has 0 saturated carbocycles. The number of hydrogen-bond donors (Lipinski definition) is 2. The number of amides is 3. The van der Waals surface area contributed by atoms with Gasteiger partial charge < -0.3 is 15.1 Å². The molecular weight excluding hydrogens is 482 g/mol. The lowest BCUT2D eigenvalue weighted by molar-refractivity contribution is -0.138.